The largest absolute Gasteiger partial charge is 0.378 e. The molecule has 2 aromatic rings. The molecule has 2 atom stereocenters. The second-order valence-corrected chi connectivity index (χ2v) is 7.63. The Bertz CT molecular complexity index is 718. The molecular weight excluding hydrogens is 296 g/mol. The first kappa shape index (κ1) is 16.6. The normalized spacial score (nSPS) is 20.4. The predicted molar refractivity (Wildman–Crippen MR) is 100 cm³/mol. The molecule has 1 amide bonds. The second kappa shape index (κ2) is 6.31. The summed E-state index contributed by atoms with van der Waals surface area (Å²) in [5.74, 6) is 0.181. The number of amides is 1. The molecule has 1 heterocycles. The first-order valence-corrected chi connectivity index (χ1v) is 8.62. The highest BCUT2D eigenvalue weighted by Crippen LogP contribution is 2.40. The van der Waals surface area contributed by atoms with Crippen molar-refractivity contribution in [3.8, 4) is 0 Å². The Labute approximate surface area is 144 Å². The van der Waals surface area contributed by atoms with Gasteiger partial charge in [-0.2, -0.15) is 0 Å². The van der Waals surface area contributed by atoms with Gasteiger partial charge in [-0.3, -0.25) is 4.79 Å². The monoisotopic (exact) mass is 322 g/mol. The van der Waals surface area contributed by atoms with E-state index in [0.717, 1.165) is 17.8 Å². The number of anilines is 2. The molecule has 0 aromatic heterocycles. The van der Waals surface area contributed by atoms with E-state index in [2.05, 4.69) is 36.5 Å². The average Bonchev–Trinajstić information content (AvgIpc) is 2.55. The van der Waals surface area contributed by atoms with Gasteiger partial charge in [0.2, 0.25) is 5.91 Å². The van der Waals surface area contributed by atoms with Gasteiger partial charge in [0.05, 0.1) is 6.04 Å². The summed E-state index contributed by atoms with van der Waals surface area (Å²) in [6, 6.07) is 18.9. The van der Waals surface area contributed by atoms with Crippen LogP contribution in [-0.2, 0) is 4.79 Å². The molecule has 0 saturated heterocycles. The number of carbonyl (C=O) groups excluding carboxylic acids is 1. The lowest BCUT2D eigenvalue weighted by atomic mass is 9.87. The zero-order valence-electron chi connectivity index (χ0n) is 14.9. The molecule has 0 spiro atoms. The van der Waals surface area contributed by atoms with E-state index in [9.17, 15) is 4.79 Å². The Hall–Kier alpha value is -2.29. The van der Waals surface area contributed by atoms with Crippen LogP contribution in [0.4, 0.5) is 11.4 Å². The maximum atomic E-state index is 13.0. The van der Waals surface area contributed by atoms with Crippen LogP contribution in [0.5, 0.6) is 0 Å². The van der Waals surface area contributed by atoms with Gasteiger partial charge in [-0.1, -0.05) is 57.2 Å². The fourth-order valence-corrected chi connectivity index (χ4v) is 3.36. The Kier molecular flexibility index (Phi) is 4.35. The lowest BCUT2D eigenvalue weighted by molar-refractivity contribution is -0.126. The van der Waals surface area contributed by atoms with Crippen LogP contribution in [0, 0.1) is 5.41 Å². The minimum absolute atomic E-state index is 0.160. The SMILES string of the molecule is C[C@H]1C[C@H](Nc2ccccc2)c2ccccc2N1C(=O)C(C)(C)C. The van der Waals surface area contributed by atoms with E-state index in [0.29, 0.717) is 0 Å². The fourth-order valence-electron chi connectivity index (χ4n) is 3.36. The number of benzene rings is 2. The molecule has 0 radical (unpaired) electrons. The zero-order valence-corrected chi connectivity index (χ0v) is 14.9. The highest BCUT2D eigenvalue weighted by atomic mass is 16.2. The molecule has 0 fully saturated rings. The average molecular weight is 322 g/mol. The Morgan fingerprint density at radius 1 is 1.04 bits per heavy atom. The minimum Gasteiger partial charge on any atom is -0.378 e. The molecule has 0 aliphatic carbocycles. The first-order chi connectivity index (χ1) is 11.4. The third-order valence-corrected chi connectivity index (χ3v) is 4.56. The molecule has 0 unspecified atom stereocenters. The number of fused-ring (bicyclic) bond motifs is 1. The smallest absolute Gasteiger partial charge is 0.232 e. The molecule has 1 aliphatic heterocycles. The lowest BCUT2D eigenvalue weighted by Crippen LogP contribution is -2.48. The van der Waals surface area contributed by atoms with Crippen LogP contribution in [0.3, 0.4) is 0 Å². The van der Waals surface area contributed by atoms with E-state index >= 15 is 0 Å². The van der Waals surface area contributed by atoms with E-state index in [1.165, 1.54) is 5.56 Å². The minimum atomic E-state index is -0.388. The Balaban J connectivity index is 1.97. The summed E-state index contributed by atoms with van der Waals surface area (Å²) < 4.78 is 0. The summed E-state index contributed by atoms with van der Waals surface area (Å²) in [5.41, 5.74) is 2.95. The van der Waals surface area contributed by atoms with Crippen LogP contribution < -0.4 is 10.2 Å². The summed E-state index contributed by atoms with van der Waals surface area (Å²) in [6.45, 7) is 8.09. The van der Waals surface area contributed by atoms with E-state index in [1.54, 1.807) is 0 Å². The van der Waals surface area contributed by atoms with Crippen molar-refractivity contribution >= 4 is 17.3 Å². The van der Waals surface area contributed by atoms with Crippen LogP contribution in [-0.4, -0.2) is 11.9 Å². The maximum Gasteiger partial charge on any atom is 0.232 e. The van der Waals surface area contributed by atoms with Gasteiger partial charge in [-0.25, -0.2) is 0 Å². The summed E-state index contributed by atoms with van der Waals surface area (Å²) in [7, 11) is 0. The number of carbonyl (C=O) groups is 1. The van der Waals surface area contributed by atoms with Crippen LogP contribution >= 0.6 is 0 Å². The maximum absolute atomic E-state index is 13.0. The van der Waals surface area contributed by atoms with Gasteiger partial charge < -0.3 is 10.2 Å². The van der Waals surface area contributed by atoms with Crippen LogP contribution in [0.15, 0.2) is 54.6 Å². The van der Waals surface area contributed by atoms with Crippen molar-refractivity contribution in [3.63, 3.8) is 0 Å². The van der Waals surface area contributed by atoms with Gasteiger partial charge in [0.1, 0.15) is 0 Å². The number of para-hydroxylation sites is 2. The zero-order chi connectivity index (χ0) is 17.3. The standard InChI is InChI=1S/C21H26N2O/c1-15-14-18(22-16-10-6-5-7-11-16)17-12-8-9-13-19(17)23(15)20(24)21(2,3)4/h5-13,15,18,22H,14H2,1-4H3/t15-,18-/m0/s1. The highest BCUT2D eigenvalue weighted by Gasteiger charge is 2.37. The van der Waals surface area contributed by atoms with Crippen molar-refractivity contribution in [1.29, 1.82) is 0 Å². The van der Waals surface area contributed by atoms with Gasteiger partial charge in [0.25, 0.3) is 0 Å². The topological polar surface area (TPSA) is 32.3 Å². The third kappa shape index (κ3) is 3.16. The molecule has 3 heteroatoms. The van der Waals surface area contributed by atoms with E-state index in [-0.39, 0.29) is 23.4 Å². The number of rotatable bonds is 2. The fraction of sp³-hybridized carbons (Fsp3) is 0.381. The predicted octanol–water partition coefficient (Wildman–Crippen LogP) is 5.01. The van der Waals surface area contributed by atoms with Crippen molar-refractivity contribution in [2.24, 2.45) is 5.41 Å². The first-order valence-electron chi connectivity index (χ1n) is 8.62. The lowest BCUT2D eigenvalue weighted by Gasteiger charge is -2.42. The molecule has 126 valence electrons. The number of nitrogens with one attached hydrogen (secondary N) is 1. The molecule has 2 aromatic carbocycles. The van der Waals surface area contributed by atoms with E-state index in [4.69, 9.17) is 0 Å². The van der Waals surface area contributed by atoms with E-state index in [1.807, 2.05) is 56.0 Å². The molecular formula is C21H26N2O. The van der Waals surface area contributed by atoms with Crippen molar-refractivity contribution in [2.75, 3.05) is 10.2 Å². The molecule has 0 saturated carbocycles. The van der Waals surface area contributed by atoms with Crippen molar-refractivity contribution in [2.45, 2.75) is 46.2 Å². The van der Waals surface area contributed by atoms with E-state index < -0.39 is 0 Å². The number of nitrogens with zero attached hydrogens (tertiary/aromatic N) is 1. The Morgan fingerprint density at radius 2 is 1.67 bits per heavy atom. The van der Waals surface area contributed by atoms with Crippen LogP contribution in [0.2, 0.25) is 0 Å². The molecule has 1 aliphatic rings. The van der Waals surface area contributed by atoms with Gasteiger partial charge in [0, 0.05) is 22.8 Å². The van der Waals surface area contributed by atoms with Gasteiger partial charge in [0.15, 0.2) is 0 Å². The number of hydrogen-bond acceptors (Lipinski definition) is 2. The van der Waals surface area contributed by atoms with Gasteiger partial charge in [-0.15, -0.1) is 0 Å². The molecule has 0 bridgehead atoms. The molecule has 3 nitrogen and oxygen atoms in total. The van der Waals surface area contributed by atoms with Crippen LogP contribution in [0.1, 0.15) is 45.7 Å². The van der Waals surface area contributed by atoms with Crippen molar-refractivity contribution in [1.82, 2.24) is 0 Å². The highest BCUT2D eigenvalue weighted by molar-refractivity contribution is 5.98. The summed E-state index contributed by atoms with van der Waals surface area (Å²) in [6.07, 6.45) is 0.897. The molecule has 24 heavy (non-hydrogen) atoms. The second-order valence-electron chi connectivity index (χ2n) is 7.63. The molecule has 1 N–H and O–H groups in total. The summed E-state index contributed by atoms with van der Waals surface area (Å²) in [5, 5.41) is 3.63. The Morgan fingerprint density at radius 3 is 2.33 bits per heavy atom. The summed E-state index contributed by atoms with van der Waals surface area (Å²) in [4.78, 5) is 14.9. The van der Waals surface area contributed by atoms with Gasteiger partial charge in [-0.05, 0) is 37.1 Å². The summed E-state index contributed by atoms with van der Waals surface area (Å²) >= 11 is 0. The van der Waals surface area contributed by atoms with Crippen molar-refractivity contribution in [3.05, 3.63) is 60.2 Å². The molecule has 3 rings (SSSR count). The number of hydrogen-bond donors (Lipinski definition) is 1. The van der Waals surface area contributed by atoms with Crippen LogP contribution in [0.25, 0.3) is 0 Å². The van der Waals surface area contributed by atoms with Gasteiger partial charge >= 0.3 is 0 Å². The third-order valence-electron chi connectivity index (χ3n) is 4.56. The van der Waals surface area contributed by atoms with Crippen molar-refractivity contribution < 1.29 is 4.79 Å². The quantitative estimate of drug-likeness (QED) is 0.843.